The molecule has 0 amide bonds. The van der Waals surface area contributed by atoms with Crippen molar-refractivity contribution in [3.63, 3.8) is 0 Å². The summed E-state index contributed by atoms with van der Waals surface area (Å²) in [5.41, 5.74) is 6.12. The number of benzene rings is 2. The highest BCUT2D eigenvalue weighted by atomic mass is 19.1. The first-order valence-corrected chi connectivity index (χ1v) is 7.84. The second kappa shape index (κ2) is 5.25. The fourth-order valence-electron chi connectivity index (χ4n) is 3.58. The van der Waals surface area contributed by atoms with Gasteiger partial charge in [0.2, 0.25) is 0 Å². The predicted octanol–water partition coefficient (Wildman–Crippen LogP) is 4.57. The van der Waals surface area contributed by atoms with Crippen LogP contribution in [0.5, 0.6) is 0 Å². The second-order valence-corrected chi connectivity index (χ2v) is 6.02. The van der Waals surface area contributed by atoms with Crippen LogP contribution in [0.25, 0.3) is 22.0 Å². The van der Waals surface area contributed by atoms with E-state index in [-0.39, 0.29) is 5.82 Å². The van der Waals surface area contributed by atoms with Gasteiger partial charge in [-0.15, -0.1) is 0 Å². The molecule has 0 spiro atoms. The van der Waals surface area contributed by atoms with Gasteiger partial charge in [-0.25, -0.2) is 4.39 Å². The Labute approximate surface area is 129 Å². The monoisotopic (exact) mass is 294 g/mol. The Kier molecular flexibility index (Phi) is 3.23. The van der Waals surface area contributed by atoms with E-state index in [2.05, 4.69) is 28.5 Å². The van der Waals surface area contributed by atoms with E-state index in [4.69, 9.17) is 0 Å². The highest BCUT2D eigenvalue weighted by molar-refractivity contribution is 5.89. The minimum Gasteiger partial charge on any atom is -0.357 e. The number of nitrogens with one attached hydrogen (secondary N) is 2. The van der Waals surface area contributed by atoms with Gasteiger partial charge in [0.25, 0.3) is 0 Å². The van der Waals surface area contributed by atoms with Gasteiger partial charge < -0.3 is 10.3 Å². The average molecular weight is 294 g/mol. The Bertz CT molecular complexity index is 817. The number of H-pyrrole nitrogens is 1. The van der Waals surface area contributed by atoms with Gasteiger partial charge in [0.15, 0.2) is 0 Å². The molecular formula is C19H19FN2. The van der Waals surface area contributed by atoms with Crippen LogP contribution in [0.1, 0.15) is 30.1 Å². The third-order valence-electron chi connectivity index (χ3n) is 4.73. The molecule has 2 nitrogen and oxygen atoms in total. The lowest BCUT2D eigenvalue weighted by molar-refractivity contribution is 0.489. The summed E-state index contributed by atoms with van der Waals surface area (Å²) in [7, 11) is 2.02. The van der Waals surface area contributed by atoms with Gasteiger partial charge in [0.1, 0.15) is 5.82 Å². The van der Waals surface area contributed by atoms with Crippen LogP contribution in [0, 0.1) is 5.82 Å². The van der Waals surface area contributed by atoms with E-state index in [1.165, 1.54) is 47.1 Å². The third kappa shape index (κ3) is 2.13. The molecule has 3 aromatic rings. The van der Waals surface area contributed by atoms with Gasteiger partial charge in [-0.1, -0.05) is 24.3 Å². The van der Waals surface area contributed by atoms with Gasteiger partial charge >= 0.3 is 0 Å². The highest BCUT2D eigenvalue weighted by Crippen LogP contribution is 2.36. The Balaban J connectivity index is 1.83. The van der Waals surface area contributed by atoms with Crippen LogP contribution in [0.3, 0.4) is 0 Å². The van der Waals surface area contributed by atoms with E-state index < -0.39 is 0 Å². The van der Waals surface area contributed by atoms with E-state index >= 15 is 0 Å². The molecule has 0 aliphatic heterocycles. The largest absolute Gasteiger partial charge is 0.357 e. The summed E-state index contributed by atoms with van der Waals surface area (Å²) in [5, 5.41) is 4.72. The molecule has 4 rings (SSSR count). The summed E-state index contributed by atoms with van der Waals surface area (Å²) in [6.45, 7) is 0. The van der Waals surface area contributed by atoms with Gasteiger partial charge in [-0.05, 0) is 61.2 Å². The maximum atomic E-state index is 13.1. The summed E-state index contributed by atoms with van der Waals surface area (Å²) in [4.78, 5) is 3.60. The van der Waals surface area contributed by atoms with Crippen molar-refractivity contribution in [1.82, 2.24) is 10.3 Å². The Morgan fingerprint density at radius 3 is 2.64 bits per heavy atom. The molecular weight excluding hydrogens is 275 g/mol. The van der Waals surface area contributed by atoms with Gasteiger partial charge in [-0.3, -0.25) is 0 Å². The molecule has 1 heterocycles. The molecule has 1 atom stereocenters. The van der Waals surface area contributed by atoms with Crippen molar-refractivity contribution in [3.05, 3.63) is 59.5 Å². The molecule has 1 aliphatic carbocycles. The van der Waals surface area contributed by atoms with Gasteiger partial charge in [0.05, 0.1) is 0 Å². The van der Waals surface area contributed by atoms with Crippen molar-refractivity contribution in [2.24, 2.45) is 0 Å². The maximum Gasteiger partial charge on any atom is 0.123 e. The van der Waals surface area contributed by atoms with E-state index in [0.29, 0.717) is 6.04 Å². The van der Waals surface area contributed by atoms with Crippen LogP contribution in [-0.4, -0.2) is 12.0 Å². The molecule has 0 fully saturated rings. The van der Waals surface area contributed by atoms with Crippen molar-refractivity contribution in [2.45, 2.75) is 25.3 Å². The zero-order valence-electron chi connectivity index (χ0n) is 12.6. The fourth-order valence-corrected chi connectivity index (χ4v) is 3.58. The Morgan fingerprint density at radius 2 is 1.86 bits per heavy atom. The minimum atomic E-state index is -0.197. The standard InChI is InChI=1S/C19H19FN2/c1-21-17-4-2-3-16-15-10-7-13(11-18(15)22-19(16)17)12-5-8-14(20)9-6-12/h5-11,17,21-22H,2-4H2,1H3. The predicted molar refractivity (Wildman–Crippen MR) is 88.4 cm³/mol. The number of aryl methyl sites for hydroxylation is 1. The lowest BCUT2D eigenvalue weighted by Gasteiger charge is -2.21. The third-order valence-corrected chi connectivity index (χ3v) is 4.73. The van der Waals surface area contributed by atoms with Gasteiger partial charge in [0, 0.05) is 22.6 Å². The molecule has 112 valence electrons. The number of hydrogen-bond donors (Lipinski definition) is 2. The van der Waals surface area contributed by atoms with Crippen molar-refractivity contribution in [2.75, 3.05) is 7.05 Å². The first-order valence-electron chi connectivity index (χ1n) is 7.84. The van der Waals surface area contributed by atoms with Crippen LogP contribution in [0.15, 0.2) is 42.5 Å². The first kappa shape index (κ1) is 13.5. The molecule has 3 heteroatoms. The molecule has 2 N–H and O–H groups in total. The fraction of sp³-hybridized carbons (Fsp3) is 0.263. The van der Waals surface area contributed by atoms with E-state index in [9.17, 15) is 4.39 Å². The van der Waals surface area contributed by atoms with Crippen LogP contribution >= 0.6 is 0 Å². The van der Waals surface area contributed by atoms with Gasteiger partial charge in [-0.2, -0.15) is 0 Å². The molecule has 22 heavy (non-hydrogen) atoms. The Hall–Kier alpha value is -2.13. The van der Waals surface area contributed by atoms with E-state index in [1.54, 1.807) is 0 Å². The number of rotatable bonds is 2. The second-order valence-electron chi connectivity index (χ2n) is 6.02. The molecule has 0 saturated heterocycles. The smallest absolute Gasteiger partial charge is 0.123 e. The molecule has 0 bridgehead atoms. The SMILES string of the molecule is CNC1CCCc2c1[nH]c1cc(-c3ccc(F)cc3)ccc21. The normalized spacial score (nSPS) is 17.6. The van der Waals surface area contributed by atoms with Crippen LogP contribution in [-0.2, 0) is 6.42 Å². The highest BCUT2D eigenvalue weighted by Gasteiger charge is 2.22. The molecule has 1 unspecified atom stereocenters. The number of fused-ring (bicyclic) bond motifs is 3. The minimum absolute atomic E-state index is 0.197. The maximum absolute atomic E-state index is 13.1. The molecule has 1 aliphatic rings. The molecule has 1 aromatic heterocycles. The number of aromatic amines is 1. The quantitative estimate of drug-likeness (QED) is 0.712. The van der Waals surface area contributed by atoms with Crippen molar-refractivity contribution >= 4 is 10.9 Å². The number of aromatic nitrogens is 1. The van der Waals surface area contributed by atoms with E-state index in [0.717, 1.165) is 17.5 Å². The van der Waals surface area contributed by atoms with Crippen molar-refractivity contribution < 1.29 is 4.39 Å². The lowest BCUT2D eigenvalue weighted by Crippen LogP contribution is -2.21. The van der Waals surface area contributed by atoms with Crippen LogP contribution in [0.4, 0.5) is 4.39 Å². The number of hydrogen-bond acceptors (Lipinski definition) is 1. The zero-order valence-corrected chi connectivity index (χ0v) is 12.6. The summed E-state index contributed by atoms with van der Waals surface area (Å²) in [6, 6.07) is 13.6. The topological polar surface area (TPSA) is 27.8 Å². The zero-order chi connectivity index (χ0) is 15.1. The molecule has 2 aromatic carbocycles. The summed E-state index contributed by atoms with van der Waals surface area (Å²) in [6.07, 6.45) is 3.55. The molecule has 0 saturated carbocycles. The van der Waals surface area contributed by atoms with Crippen molar-refractivity contribution in [1.29, 1.82) is 0 Å². The first-order chi connectivity index (χ1) is 10.8. The summed E-state index contributed by atoms with van der Waals surface area (Å²) in [5.74, 6) is -0.197. The van der Waals surface area contributed by atoms with Crippen LogP contribution in [0.2, 0.25) is 0 Å². The Morgan fingerprint density at radius 1 is 1.09 bits per heavy atom. The summed E-state index contributed by atoms with van der Waals surface area (Å²) < 4.78 is 13.1. The van der Waals surface area contributed by atoms with Crippen LogP contribution < -0.4 is 5.32 Å². The molecule has 0 radical (unpaired) electrons. The number of halogens is 1. The average Bonchev–Trinajstić information content (AvgIpc) is 2.93. The summed E-state index contributed by atoms with van der Waals surface area (Å²) >= 11 is 0. The van der Waals surface area contributed by atoms with Crippen molar-refractivity contribution in [3.8, 4) is 11.1 Å². The van der Waals surface area contributed by atoms with E-state index in [1.807, 2.05) is 19.2 Å². The lowest BCUT2D eigenvalue weighted by atomic mass is 9.91.